The Hall–Kier alpha value is -1.47. The fraction of sp³-hybridized carbons (Fsp3) is 0.600. The molecule has 0 amide bonds. The van der Waals surface area contributed by atoms with E-state index in [0.717, 1.165) is 24.9 Å². The molecule has 0 spiro atoms. The van der Waals surface area contributed by atoms with E-state index in [-0.39, 0.29) is 17.6 Å². The summed E-state index contributed by atoms with van der Waals surface area (Å²) in [5.41, 5.74) is 0.908. The lowest BCUT2D eigenvalue weighted by molar-refractivity contribution is -0.153. The highest BCUT2D eigenvalue weighted by molar-refractivity contribution is 5.43. The minimum Gasteiger partial charge on any atom is -0.493 e. The first kappa shape index (κ1) is 16.9. The predicted molar refractivity (Wildman–Crippen MR) is 75.1 cm³/mol. The molecule has 1 fully saturated rings. The number of hydrogen-bond donors (Lipinski definition) is 1. The van der Waals surface area contributed by atoms with Gasteiger partial charge in [-0.3, -0.25) is 4.90 Å². The maximum Gasteiger partial charge on any atom is 0.422 e. The van der Waals surface area contributed by atoms with Crippen LogP contribution in [0.1, 0.15) is 18.4 Å². The van der Waals surface area contributed by atoms with E-state index in [2.05, 4.69) is 4.90 Å². The molecule has 1 aliphatic rings. The summed E-state index contributed by atoms with van der Waals surface area (Å²) < 4.78 is 46.5. The molecule has 0 aromatic heterocycles. The molecule has 1 aliphatic heterocycles. The Morgan fingerprint density at radius 2 is 2.09 bits per heavy atom. The summed E-state index contributed by atoms with van der Waals surface area (Å²) in [4.78, 5) is 2.11. The molecule has 1 saturated heterocycles. The fourth-order valence-corrected chi connectivity index (χ4v) is 2.52. The summed E-state index contributed by atoms with van der Waals surface area (Å²) in [5, 5.41) is 9.66. The molecule has 4 nitrogen and oxygen atoms in total. The molecule has 1 atom stereocenters. The molecule has 2 rings (SSSR count). The van der Waals surface area contributed by atoms with Crippen LogP contribution in [0.4, 0.5) is 13.2 Å². The quantitative estimate of drug-likeness (QED) is 0.906. The molecule has 1 unspecified atom stereocenters. The number of benzene rings is 1. The van der Waals surface area contributed by atoms with E-state index in [1.807, 2.05) is 0 Å². The second kappa shape index (κ2) is 7.19. The van der Waals surface area contributed by atoms with Crippen LogP contribution in [0.3, 0.4) is 0 Å². The van der Waals surface area contributed by atoms with Crippen LogP contribution in [0.5, 0.6) is 11.5 Å². The van der Waals surface area contributed by atoms with Gasteiger partial charge in [0, 0.05) is 13.1 Å². The van der Waals surface area contributed by atoms with Gasteiger partial charge in [0.05, 0.1) is 13.2 Å². The Kier molecular flexibility index (Phi) is 5.52. The Balaban J connectivity index is 2.01. The molecule has 124 valence electrons. The largest absolute Gasteiger partial charge is 0.493 e. The maximum absolute atomic E-state index is 12.2. The van der Waals surface area contributed by atoms with E-state index in [0.29, 0.717) is 13.1 Å². The van der Waals surface area contributed by atoms with Crippen molar-refractivity contribution >= 4 is 0 Å². The zero-order valence-electron chi connectivity index (χ0n) is 12.4. The minimum atomic E-state index is -4.38. The van der Waals surface area contributed by atoms with Gasteiger partial charge in [-0.1, -0.05) is 6.07 Å². The van der Waals surface area contributed by atoms with Crippen molar-refractivity contribution in [3.05, 3.63) is 23.8 Å². The summed E-state index contributed by atoms with van der Waals surface area (Å²) in [7, 11) is 1.39. The lowest BCUT2D eigenvalue weighted by Crippen LogP contribution is -2.37. The van der Waals surface area contributed by atoms with Crippen molar-refractivity contribution in [2.75, 3.05) is 26.8 Å². The molecular weight excluding hydrogens is 299 g/mol. The molecule has 0 aliphatic carbocycles. The number of β-amino-alcohol motifs (C(OH)–C–C–N with tert-alkyl or cyclic N) is 1. The van der Waals surface area contributed by atoms with Gasteiger partial charge in [0.25, 0.3) is 0 Å². The number of rotatable bonds is 5. The number of likely N-dealkylation sites (tertiary alicyclic amines) is 1. The molecule has 1 aromatic rings. The Morgan fingerprint density at radius 3 is 2.73 bits per heavy atom. The van der Waals surface area contributed by atoms with Crippen LogP contribution in [0.25, 0.3) is 0 Å². The van der Waals surface area contributed by atoms with Gasteiger partial charge < -0.3 is 14.6 Å². The number of nitrogens with zero attached hydrogens (tertiary/aromatic N) is 1. The van der Waals surface area contributed by atoms with Gasteiger partial charge in [0.1, 0.15) is 0 Å². The van der Waals surface area contributed by atoms with Crippen LogP contribution in [0.15, 0.2) is 18.2 Å². The highest BCUT2D eigenvalue weighted by Crippen LogP contribution is 2.30. The van der Waals surface area contributed by atoms with Crippen molar-refractivity contribution in [3.8, 4) is 11.5 Å². The number of ether oxygens (including phenoxy) is 2. The van der Waals surface area contributed by atoms with Crippen molar-refractivity contribution in [1.82, 2.24) is 4.90 Å². The highest BCUT2D eigenvalue weighted by Gasteiger charge is 2.29. The van der Waals surface area contributed by atoms with Crippen LogP contribution in [-0.4, -0.2) is 49.1 Å². The molecule has 0 saturated carbocycles. The number of aliphatic hydroxyl groups excluding tert-OH is 1. The first-order valence-corrected chi connectivity index (χ1v) is 7.14. The topological polar surface area (TPSA) is 41.9 Å². The van der Waals surface area contributed by atoms with Gasteiger partial charge in [-0.05, 0) is 37.1 Å². The lowest BCUT2D eigenvalue weighted by Gasteiger charge is -2.30. The summed E-state index contributed by atoms with van der Waals surface area (Å²) in [6, 6.07) is 4.88. The molecular formula is C15H20F3NO3. The van der Waals surface area contributed by atoms with Crippen molar-refractivity contribution in [3.63, 3.8) is 0 Å². The highest BCUT2D eigenvalue weighted by atomic mass is 19.4. The van der Waals surface area contributed by atoms with Crippen molar-refractivity contribution < 1.29 is 27.8 Å². The minimum absolute atomic E-state index is 0.0715. The standard InChI is InChI=1S/C15H20F3NO3/c1-21-14-7-11(8-19-6-2-3-12(20)9-19)4-5-13(14)22-10-15(16,17)18/h4-5,7,12,20H,2-3,6,8-10H2,1H3. The van der Waals surface area contributed by atoms with Gasteiger partial charge in [-0.15, -0.1) is 0 Å². The predicted octanol–water partition coefficient (Wildman–Crippen LogP) is 2.59. The summed E-state index contributed by atoms with van der Waals surface area (Å²) in [6.07, 6.45) is -2.95. The zero-order valence-corrected chi connectivity index (χ0v) is 12.4. The van der Waals surface area contributed by atoms with E-state index in [4.69, 9.17) is 9.47 Å². The molecule has 1 aromatic carbocycles. The van der Waals surface area contributed by atoms with Crippen LogP contribution in [0.2, 0.25) is 0 Å². The number of hydrogen-bond acceptors (Lipinski definition) is 4. The van der Waals surface area contributed by atoms with Crippen molar-refractivity contribution in [1.29, 1.82) is 0 Å². The van der Waals surface area contributed by atoms with Gasteiger partial charge in [0.15, 0.2) is 18.1 Å². The Labute approximate surface area is 127 Å². The van der Waals surface area contributed by atoms with Gasteiger partial charge in [-0.25, -0.2) is 0 Å². The van der Waals surface area contributed by atoms with Crippen molar-refractivity contribution in [2.24, 2.45) is 0 Å². The number of aliphatic hydroxyl groups is 1. The Bertz CT molecular complexity index is 493. The lowest BCUT2D eigenvalue weighted by atomic mass is 10.1. The van der Waals surface area contributed by atoms with Crippen molar-refractivity contribution in [2.45, 2.75) is 31.7 Å². The SMILES string of the molecule is COc1cc(CN2CCCC(O)C2)ccc1OCC(F)(F)F. The van der Waals surface area contributed by atoms with E-state index in [1.165, 1.54) is 13.2 Å². The number of methoxy groups -OCH3 is 1. The average Bonchev–Trinajstić information content (AvgIpc) is 2.45. The van der Waals surface area contributed by atoms with Gasteiger partial charge >= 0.3 is 6.18 Å². The molecule has 1 heterocycles. The first-order valence-electron chi connectivity index (χ1n) is 7.14. The molecule has 22 heavy (non-hydrogen) atoms. The van der Waals surface area contributed by atoms with Crippen LogP contribution >= 0.6 is 0 Å². The third-order valence-corrected chi connectivity index (χ3v) is 3.51. The third kappa shape index (κ3) is 5.06. The summed E-state index contributed by atoms with van der Waals surface area (Å²) in [5.74, 6) is 0.349. The number of alkyl halides is 3. The number of halogens is 3. The maximum atomic E-state index is 12.2. The van der Waals surface area contributed by atoms with Gasteiger partial charge in [0.2, 0.25) is 0 Å². The zero-order chi connectivity index (χ0) is 16.2. The average molecular weight is 319 g/mol. The van der Waals surface area contributed by atoms with E-state index in [9.17, 15) is 18.3 Å². The fourth-order valence-electron chi connectivity index (χ4n) is 2.52. The summed E-state index contributed by atoms with van der Waals surface area (Å²) in [6.45, 7) is 0.772. The first-order chi connectivity index (χ1) is 10.4. The van der Waals surface area contributed by atoms with Crippen LogP contribution < -0.4 is 9.47 Å². The Morgan fingerprint density at radius 1 is 1.32 bits per heavy atom. The van der Waals surface area contributed by atoms with Crippen LogP contribution in [-0.2, 0) is 6.54 Å². The van der Waals surface area contributed by atoms with Crippen LogP contribution in [0, 0.1) is 0 Å². The molecule has 0 radical (unpaired) electrons. The molecule has 0 bridgehead atoms. The molecule has 7 heteroatoms. The van der Waals surface area contributed by atoms with E-state index < -0.39 is 12.8 Å². The van der Waals surface area contributed by atoms with E-state index in [1.54, 1.807) is 12.1 Å². The summed E-state index contributed by atoms with van der Waals surface area (Å²) >= 11 is 0. The second-order valence-corrected chi connectivity index (χ2v) is 5.42. The monoisotopic (exact) mass is 319 g/mol. The van der Waals surface area contributed by atoms with Gasteiger partial charge in [-0.2, -0.15) is 13.2 Å². The second-order valence-electron chi connectivity index (χ2n) is 5.42. The third-order valence-electron chi connectivity index (χ3n) is 3.51. The number of piperidine rings is 1. The smallest absolute Gasteiger partial charge is 0.422 e. The van der Waals surface area contributed by atoms with E-state index >= 15 is 0 Å². The molecule has 1 N–H and O–H groups in total. The normalized spacial score (nSPS) is 20.0.